The van der Waals surface area contributed by atoms with Gasteiger partial charge >= 0.3 is 5.97 Å². The minimum absolute atomic E-state index is 0.0698. The molecule has 0 saturated carbocycles. The van der Waals surface area contributed by atoms with Crippen LogP contribution in [0.4, 0.5) is 0 Å². The highest BCUT2D eigenvalue weighted by Crippen LogP contribution is 2.34. The fourth-order valence-corrected chi connectivity index (χ4v) is 1.40. The van der Waals surface area contributed by atoms with Gasteiger partial charge in [0.05, 0.1) is 6.42 Å². The zero-order valence-electron chi connectivity index (χ0n) is 8.03. The molecule has 4 heteroatoms. The summed E-state index contributed by atoms with van der Waals surface area (Å²) >= 11 is 0. The molecule has 78 valence electrons. The number of carboxylic acids is 1. The van der Waals surface area contributed by atoms with Gasteiger partial charge in [0, 0.05) is 0 Å². The van der Waals surface area contributed by atoms with Gasteiger partial charge in [0.15, 0.2) is 11.5 Å². The van der Waals surface area contributed by atoms with Gasteiger partial charge in [0.25, 0.3) is 0 Å². The summed E-state index contributed by atoms with van der Waals surface area (Å²) in [6.45, 7) is 3.93. The molecule has 0 aromatic heterocycles. The molecule has 0 saturated heterocycles. The molecule has 0 unspecified atom stereocenters. The van der Waals surface area contributed by atoms with E-state index in [-0.39, 0.29) is 13.2 Å². The van der Waals surface area contributed by atoms with Crippen molar-refractivity contribution in [2.45, 2.75) is 6.42 Å². The second kappa shape index (κ2) is 3.65. The molecule has 1 aliphatic rings. The number of hydrogen-bond donors (Lipinski definition) is 1. The van der Waals surface area contributed by atoms with Crippen LogP contribution >= 0.6 is 0 Å². The maximum atomic E-state index is 10.5. The van der Waals surface area contributed by atoms with E-state index in [1.54, 1.807) is 18.2 Å². The first-order chi connectivity index (χ1) is 7.16. The molecule has 1 heterocycles. The summed E-state index contributed by atoms with van der Waals surface area (Å²) in [6, 6.07) is 5.27. The van der Waals surface area contributed by atoms with Crippen LogP contribution in [0.5, 0.6) is 11.5 Å². The van der Waals surface area contributed by atoms with Crippen LogP contribution in [0.15, 0.2) is 24.8 Å². The number of hydrogen-bond acceptors (Lipinski definition) is 3. The molecule has 1 N–H and O–H groups in total. The summed E-state index contributed by atoms with van der Waals surface area (Å²) in [5, 5.41) is 8.62. The average Bonchev–Trinajstić information content (AvgIpc) is 2.62. The molecular formula is C11H10O4. The van der Waals surface area contributed by atoms with Crippen LogP contribution < -0.4 is 9.47 Å². The zero-order chi connectivity index (χ0) is 10.8. The maximum Gasteiger partial charge on any atom is 0.307 e. The average molecular weight is 206 g/mol. The highest BCUT2D eigenvalue weighted by molar-refractivity contribution is 5.83. The fraction of sp³-hybridized carbons (Fsp3) is 0.182. The van der Waals surface area contributed by atoms with Crippen molar-refractivity contribution in [2.24, 2.45) is 0 Å². The van der Waals surface area contributed by atoms with Crippen molar-refractivity contribution in [1.29, 1.82) is 0 Å². The Morgan fingerprint density at radius 2 is 2.13 bits per heavy atom. The van der Waals surface area contributed by atoms with Gasteiger partial charge in [0.1, 0.15) is 0 Å². The smallest absolute Gasteiger partial charge is 0.307 e. The molecule has 0 spiro atoms. The first kappa shape index (κ1) is 9.58. The molecule has 2 rings (SSSR count). The molecule has 0 atom stereocenters. The Labute approximate surface area is 86.7 Å². The van der Waals surface area contributed by atoms with Crippen LogP contribution in [0.1, 0.15) is 12.0 Å². The monoisotopic (exact) mass is 206 g/mol. The van der Waals surface area contributed by atoms with Crippen LogP contribution in [-0.2, 0) is 4.79 Å². The lowest BCUT2D eigenvalue weighted by molar-refractivity contribution is -0.135. The molecular weight excluding hydrogens is 196 g/mol. The topological polar surface area (TPSA) is 55.8 Å². The van der Waals surface area contributed by atoms with E-state index in [0.29, 0.717) is 17.1 Å². The molecule has 0 fully saturated rings. The zero-order valence-corrected chi connectivity index (χ0v) is 8.03. The van der Waals surface area contributed by atoms with Crippen LogP contribution in [-0.4, -0.2) is 17.9 Å². The number of ether oxygens (including phenoxy) is 2. The summed E-state index contributed by atoms with van der Waals surface area (Å²) in [5.41, 5.74) is 1.32. The minimum atomic E-state index is -0.891. The van der Waals surface area contributed by atoms with Crippen LogP contribution in [0, 0.1) is 0 Å². The van der Waals surface area contributed by atoms with E-state index in [4.69, 9.17) is 14.6 Å². The van der Waals surface area contributed by atoms with Gasteiger partial charge in [-0.2, -0.15) is 0 Å². The van der Waals surface area contributed by atoms with Crippen LogP contribution in [0.2, 0.25) is 0 Å². The Morgan fingerprint density at radius 1 is 1.40 bits per heavy atom. The summed E-state index contributed by atoms with van der Waals surface area (Å²) in [4.78, 5) is 10.5. The first-order valence-corrected chi connectivity index (χ1v) is 4.46. The predicted molar refractivity (Wildman–Crippen MR) is 53.9 cm³/mol. The minimum Gasteiger partial charge on any atom is -0.481 e. The SMILES string of the molecule is C=C(CC(=O)O)c1ccc2c(c1)OCO2. The molecule has 1 aromatic carbocycles. The number of carbonyl (C=O) groups is 1. The summed E-state index contributed by atoms with van der Waals surface area (Å²) in [6.07, 6.45) is -0.0698. The van der Waals surface area contributed by atoms with E-state index in [9.17, 15) is 4.79 Å². The Bertz CT molecular complexity index is 423. The van der Waals surface area contributed by atoms with Gasteiger partial charge in [-0.1, -0.05) is 12.6 Å². The van der Waals surface area contributed by atoms with Crippen LogP contribution in [0.25, 0.3) is 5.57 Å². The maximum absolute atomic E-state index is 10.5. The quantitative estimate of drug-likeness (QED) is 0.820. The number of rotatable bonds is 3. The molecule has 4 nitrogen and oxygen atoms in total. The second-order valence-corrected chi connectivity index (χ2v) is 3.24. The molecule has 0 amide bonds. The fourth-order valence-electron chi connectivity index (χ4n) is 1.40. The Balaban J connectivity index is 2.23. The van der Waals surface area contributed by atoms with Crippen molar-refractivity contribution in [3.05, 3.63) is 30.3 Å². The second-order valence-electron chi connectivity index (χ2n) is 3.24. The number of aliphatic carboxylic acids is 1. The molecule has 0 bridgehead atoms. The van der Waals surface area contributed by atoms with Gasteiger partial charge in [-0.3, -0.25) is 4.79 Å². The number of carboxylic acid groups (broad SMARTS) is 1. The number of benzene rings is 1. The van der Waals surface area contributed by atoms with Crippen molar-refractivity contribution in [1.82, 2.24) is 0 Å². The highest BCUT2D eigenvalue weighted by Gasteiger charge is 2.14. The Kier molecular flexibility index (Phi) is 2.33. The van der Waals surface area contributed by atoms with Crippen LogP contribution in [0.3, 0.4) is 0 Å². The van der Waals surface area contributed by atoms with Crippen molar-refractivity contribution in [3.63, 3.8) is 0 Å². The standard InChI is InChI=1S/C11H10O4/c1-7(4-11(12)13)8-2-3-9-10(5-8)15-6-14-9/h2-3,5H,1,4,6H2,(H,12,13). The summed E-state index contributed by atoms with van der Waals surface area (Å²) < 4.78 is 10.3. The lowest BCUT2D eigenvalue weighted by Gasteiger charge is -2.04. The van der Waals surface area contributed by atoms with Gasteiger partial charge in [-0.15, -0.1) is 0 Å². The van der Waals surface area contributed by atoms with E-state index in [0.717, 1.165) is 5.56 Å². The third kappa shape index (κ3) is 1.93. The highest BCUT2D eigenvalue weighted by atomic mass is 16.7. The van der Waals surface area contributed by atoms with E-state index in [1.165, 1.54) is 0 Å². The normalized spacial score (nSPS) is 12.5. The van der Waals surface area contributed by atoms with E-state index >= 15 is 0 Å². The molecule has 1 aromatic rings. The third-order valence-electron chi connectivity index (χ3n) is 2.15. The molecule has 0 aliphatic carbocycles. The Morgan fingerprint density at radius 3 is 2.87 bits per heavy atom. The predicted octanol–water partition coefficient (Wildman–Crippen LogP) is 1.90. The van der Waals surface area contributed by atoms with Crippen molar-refractivity contribution >= 4 is 11.5 Å². The molecule has 15 heavy (non-hydrogen) atoms. The van der Waals surface area contributed by atoms with Crippen molar-refractivity contribution in [2.75, 3.05) is 6.79 Å². The van der Waals surface area contributed by atoms with E-state index in [2.05, 4.69) is 6.58 Å². The van der Waals surface area contributed by atoms with Gasteiger partial charge < -0.3 is 14.6 Å². The molecule has 1 aliphatic heterocycles. The van der Waals surface area contributed by atoms with Gasteiger partial charge in [-0.05, 0) is 23.3 Å². The lowest BCUT2D eigenvalue weighted by Crippen LogP contribution is -1.96. The summed E-state index contributed by atoms with van der Waals surface area (Å²) in [7, 11) is 0. The van der Waals surface area contributed by atoms with Crippen molar-refractivity contribution < 1.29 is 19.4 Å². The Hall–Kier alpha value is -1.97. The van der Waals surface area contributed by atoms with Gasteiger partial charge in [0.2, 0.25) is 6.79 Å². The number of fused-ring (bicyclic) bond motifs is 1. The van der Waals surface area contributed by atoms with Crippen molar-refractivity contribution in [3.8, 4) is 11.5 Å². The van der Waals surface area contributed by atoms with E-state index < -0.39 is 5.97 Å². The molecule has 0 radical (unpaired) electrons. The van der Waals surface area contributed by atoms with Gasteiger partial charge in [-0.25, -0.2) is 0 Å². The largest absolute Gasteiger partial charge is 0.481 e. The first-order valence-electron chi connectivity index (χ1n) is 4.46. The van der Waals surface area contributed by atoms with E-state index in [1.807, 2.05) is 0 Å². The lowest BCUT2D eigenvalue weighted by atomic mass is 10.0. The third-order valence-corrected chi connectivity index (χ3v) is 2.15. The summed E-state index contributed by atoms with van der Waals surface area (Å²) in [5.74, 6) is 0.429.